The van der Waals surface area contributed by atoms with E-state index in [2.05, 4.69) is 42.5 Å². The monoisotopic (exact) mass is 406 g/mol. The molecule has 0 radical (unpaired) electrons. The third kappa shape index (κ3) is 4.88. The van der Waals surface area contributed by atoms with Gasteiger partial charge in [-0.3, -0.25) is 4.79 Å². The third-order valence-electron chi connectivity index (χ3n) is 2.59. The first-order valence-electron chi connectivity index (χ1n) is 6.10. The molecule has 0 aliphatic heterocycles. The predicted molar refractivity (Wildman–Crippen MR) is 85.2 cm³/mol. The molecule has 0 aliphatic rings. The van der Waals surface area contributed by atoms with Gasteiger partial charge in [-0.2, -0.15) is 0 Å². The molecule has 0 bridgehead atoms. The van der Waals surface area contributed by atoms with Crippen LogP contribution in [0.4, 0.5) is 5.69 Å². The Morgan fingerprint density at radius 2 is 2.00 bits per heavy atom. The van der Waals surface area contributed by atoms with Crippen LogP contribution in [0.25, 0.3) is 0 Å². The van der Waals surface area contributed by atoms with Crippen molar-refractivity contribution in [3.63, 3.8) is 0 Å². The molecule has 0 aromatic heterocycles. The lowest BCUT2D eigenvalue weighted by Crippen LogP contribution is -2.30. The molecule has 1 unspecified atom stereocenters. The third-order valence-corrected chi connectivity index (χ3v) is 3.68. The molecule has 1 rings (SSSR count). The van der Waals surface area contributed by atoms with Crippen LogP contribution in [0.5, 0.6) is 0 Å². The summed E-state index contributed by atoms with van der Waals surface area (Å²) in [6, 6.07) is 3.18. The largest absolute Gasteiger partial charge is 0.478 e. The van der Waals surface area contributed by atoms with Gasteiger partial charge in [-0.25, -0.2) is 4.79 Å². The maximum Gasteiger partial charge on any atom is 0.337 e. The lowest BCUT2D eigenvalue weighted by molar-refractivity contribution is -0.116. The molecule has 1 aromatic carbocycles. The number of carbonyl (C=O) groups excluding carboxylic acids is 1. The van der Waals surface area contributed by atoms with E-state index in [0.29, 0.717) is 8.95 Å². The minimum absolute atomic E-state index is 0.0301. The van der Waals surface area contributed by atoms with Gasteiger partial charge < -0.3 is 15.7 Å². The van der Waals surface area contributed by atoms with Gasteiger partial charge in [0.15, 0.2) is 0 Å². The van der Waals surface area contributed by atoms with Crippen LogP contribution in [0.3, 0.4) is 0 Å². The molecular weight excluding hydrogens is 392 g/mol. The van der Waals surface area contributed by atoms with E-state index in [-0.39, 0.29) is 29.6 Å². The number of hydrogen-bond acceptors (Lipinski definition) is 3. The first-order valence-corrected chi connectivity index (χ1v) is 7.69. The minimum atomic E-state index is -1.10. The summed E-state index contributed by atoms with van der Waals surface area (Å²) in [5, 5.41) is 15.0. The molecule has 1 amide bonds. The van der Waals surface area contributed by atoms with E-state index in [1.165, 1.54) is 6.07 Å². The van der Waals surface area contributed by atoms with Crippen LogP contribution in [-0.4, -0.2) is 29.6 Å². The predicted octanol–water partition coefficient (Wildman–Crippen LogP) is 3.24. The highest BCUT2D eigenvalue weighted by molar-refractivity contribution is 9.11. The second-order valence-corrected chi connectivity index (χ2v) is 6.10. The Morgan fingerprint density at radius 1 is 1.35 bits per heavy atom. The van der Waals surface area contributed by atoms with Gasteiger partial charge in [0.05, 0.1) is 11.3 Å². The Kier molecular flexibility index (Phi) is 6.64. The normalized spacial score (nSPS) is 12.0. The molecular formula is C13H16Br2N2O3. The summed E-state index contributed by atoms with van der Waals surface area (Å²) in [5.74, 6) is -1.33. The topological polar surface area (TPSA) is 78.4 Å². The van der Waals surface area contributed by atoms with Crippen molar-refractivity contribution >= 4 is 49.4 Å². The zero-order valence-electron chi connectivity index (χ0n) is 11.2. The van der Waals surface area contributed by atoms with E-state index in [1.807, 2.05) is 13.8 Å². The van der Waals surface area contributed by atoms with Crippen LogP contribution in [-0.2, 0) is 4.79 Å². The molecule has 20 heavy (non-hydrogen) atoms. The van der Waals surface area contributed by atoms with Gasteiger partial charge >= 0.3 is 5.97 Å². The summed E-state index contributed by atoms with van der Waals surface area (Å²) >= 11 is 6.49. The van der Waals surface area contributed by atoms with E-state index in [0.717, 1.165) is 6.54 Å². The van der Waals surface area contributed by atoms with E-state index in [9.17, 15) is 14.7 Å². The fourth-order valence-corrected chi connectivity index (χ4v) is 3.08. The molecule has 0 spiro atoms. The van der Waals surface area contributed by atoms with Gasteiger partial charge in [0.2, 0.25) is 5.91 Å². The number of carboxylic acids is 1. The zero-order valence-corrected chi connectivity index (χ0v) is 14.3. The highest BCUT2D eigenvalue weighted by Gasteiger charge is 2.17. The second-order valence-electron chi connectivity index (χ2n) is 4.33. The molecule has 3 N–H and O–H groups in total. The van der Waals surface area contributed by atoms with Crippen molar-refractivity contribution in [3.05, 3.63) is 26.6 Å². The highest BCUT2D eigenvalue weighted by atomic mass is 79.9. The van der Waals surface area contributed by atoms with Crippen LogP contribution in [0.2, 0.25) is 0 Å². The fourth-order valence-electron chi connectivity index (χ4n) is 1.76. The second kappa shape index (κ2) is 7.75. The molecule has 0 saturated heterocycles. The number of nitrogens with one attached hydrogen (secondary N) is 2. The Labute approximate surface area is 134 Å². The molecule has 0 fully saturated rings. The average molecular weight is 408 g/mol. The van der Waals surface area contributed by atoms with Gasteiger partial charge in [-0.1, -0.05) is 22.9 Å². The van der Waals surface area contributed by atoms with E-state index < -0.39 is 5.97 Å². The van der Waals surface area contributed by atoms with Crippen LogP contribution < -0.4 is 10.6 Å². The van der Waals surface area contributed by atoms with Crippen LogP contribution in [0, 0.1) is 0 Å². The number of anilines is 1. The smallest absolute Gasteiger partial charge is 0.337 e. The van der Waals surface area contributed by atoms with Crippen molar-refractivity contribution in [2.75, 3.05) is 11.9 Å². The Bertz CT molecular complexity index is 521. The maximum atomic E-state index is 11.9. The SMILES string of the molecule is CCNC(C)CC(=O)Nc1c(Br)cc(Br)cc1C(=O)O. The summed E-state index contributed by atoms with van der Waals surface area (Å²) in [6.07, 6.45) is 0.273. The van der Waals surface area contributed by atoms with Gasteiger partial charge in [-0.15, -0.1) is 0 Å². The summed E-state index contributed by atoms with van der Waals surface area (Å²) < 4.78 is 1.15. The van der Waals surface area contributed by atoms with E-state index in [4.69, 9.17) is 0 Å². The zero-order chi connectivity index (χ0) is 15.3. The fraction of sp³-hybridized carbons (Fsp3) is 0.385. The molecule has 0 saturated carbocycles. The van der Waals surface area contributed by atoms with Gasteiger partial charge in [-0.05, 0) is 41.5 Å². The lowest BCUT2D eigenvalue weighted by atomic mass is 10.1. The van der Waals surface area contributed by atoms with Crippen molar-refractivity contribution < 1.29 is 14.7 Å². The van der Waals surface area contributed by atoms with Gasteiger partial charge in [0.25, 0.3) is 0 Å². The molecule has 0 heterocycles. The number of carbonyl (C=O) groups is 2. The molecule has 5 nitrogen and oxygen atoms in total. The first kappa shape index (κ1) is 17.1. The summed E-state index contributed by atoms with van der Waals surface area (Å²) in [7, 11) is 0. The highest BCUT2D eigenvalue weighted by Crippen LogP contribution is 2.31. The molecule has 0 aliphatic carbocycles. The number of rotatable bonds is 6. The average Bonchev–Trinajstić information content (AvgIpc) is 2.32. The van der Waals surface area contributed by atoms with Crippen molar-refractivity contribution in [2.45, 2.75) is 26.3 Å². The molecule has 7 heteroatoms. The van der Waals surface area contributed by atoms with Gasteiger partial charge in [0.1, 0.15) is 0 Å². The van der Waals surface area contributed by atoms with E-state index >= 15 is 0 Å². The maximum absolute atomic E-state index is 11.9. The van der Waals surface area contributed by atoms with Crippen molar-refractivity contribution in [1.29, 1.82) is 0 Å². The van der Waals surface area contributed by atoms with Crippen molar-refractivity contribution in [2.24, 2.45) is 0 Å². The summed E-state index contributed by atoms with van der Waals surface area (Å²) in [5.41, 5.74) is 0.310. The lowest BCUT2D eigenvalue weighted by Gasteiger charge is -2.14. The Hall–Kier alpha value is -0.920. The number of hydrogen-bond donors (Lipinski definition) is 3. The molecule has 1 aromatic rings. The summed E-state index contributed by atoms with van der Waals surface area (Å²) in [4.78, 5) is 23.2. The minimum Gasteiger partial charge on any atom is -0.478 e. The summed E-state index contributed by atoms with van der Waals surface area (Å²) in [6.45, 7) is 4.64. The number of aromatic carboxylic acids is 1. The van der Waals surface area contributed by atoms with Crippen LogP contribution >= 0.6 is 31.9 Å². The van der Waals surface area contributed by atoms with Gasteiger partial charge in [0, 0.05) is 21.4 Å². The quantitative estimate of drug-likeness (QED) is 0.676. The van der Waals surface area contributed by atoms with Crippen LogP contribution in [0.1, 0.15) is 30.6 Å². The standard InChI is InChI=1S/C13H16Br2N2O3/c1-3-16-7(2)4-11(18)17-12-9(13(19)20)5-8(14)6-10(12)15/h5-7,16H,3-4H2,1-2H3,(H,17,18)(H,19,20). The van der Waals surface area contributed by atoms with Crippen LogP contribution in [0.15, 0.2) is 21.1 Å². The van der Waals surface area contributed by atoms with Crippen molar-refractivity contribution in [1.82, 2.24) is 5.32 Å². The Morgan fingerprint density at radius 3 is 2.55 bits per heavy atom. The number of benzene rings is 1. The van der Waals surface area contributed by atoms with E-state index in [1.54, 1.807) is 6.07 Å². The Balaban J connectivity index is 2.91. The number of halogens is 2. The van der Waals surface area contributed by atoms with Crippen molar-refractivity contribution in [3.8, 4) is 0 Å². The first-order chi connectivity index (χ1) is 9.35. The molecule has 110 valence electrons. The number of carboxylic acid groups (broad SMARTS) is 1. The number of amides is 1. The molecule has 1 atom stereocenters.